The van der Waals surface area contributed by atoms with Gasteiger partial charge >= 0.3 is 0 Å². The van der Waals surface area contributed by atoms with Crippen molar-refractivity contribution in [3.63, 3.8) is 0 Å². The SMILES string of the molecule is O=C/C=C1/SSC(c2ccccc2)=C1c1ccccc1. The quantitative estimate of drug-likeness (QED) is 0.449. The van der Waals surface area contributed by atoms with Gasteiger partial charge in [0.1, 0.15) is 6.29 Å². The van der Waals surface area contributed by atoms with Gasteiger partial charge in [-0.3, -0.25) is 4.79 Å². The largest absolute Gasteiger partial charge is 0.299 e. The van der Waals surface area contributed by atoms with Crippen molar-refractivity contribution in [1.29, 1.82) is 0 Å². The standard InChI is InChI=1S/C17H12OS2/c18-12-11-15-16(13-7-3-1-4-8-13)17(20-19-15)14-9-5-2-6-10-14/h1-12H/b15-11+. The van der Waals surface area contributed by atoms with Crippen molar-refractivity contribution in [3.8, 4) is 0 Å². The van der Waals surface area contributed by atoms with Crippen molar-refractivity contribution in [2.24, 2.45) is 0 Å². The van der Waals surface area contributed by atoms with Crippen LogP contribution in [-0.4, -0.2) is 6.29 Å². The molecule has 0 aromatic heterocycles. The van der Waals surface area contributed by atoms with Crippen LogP contribution >= 0.6 is 21.6 Å². The Morgan fingerprint density at radius 3 is 1.95 bits per heavy atom. The molecule has 20 heavy (non-hydrogen) atoms. The highest BCUT2D eigenvalue weighted by atomic mass is 33.1. The van der Waals surface area contributed by atoms with E-state index in [2.05, 4.69) is 24.3 Å². The van der Waals surface area contributed by atoms with Crippen LogP contribution in [-0.2, 0) is 4.79 Å². The van der Waals surface area contributed by atoms with Crippen LogP contribution in [0.1, 0.15) is 11.1 Å². The van der Waals surface area contributed by atoms with E-state index in [0.717, 1.165) is 22.3 Å². The van der Waals surface area contributed by atoms with Gasteiger partial charge in [-0.25, -0.2) is 0 Å². The summed E-state index contributed by atoms with van der Waals surface area (Å²) in [6, 6.07) is 20.5. The molecule has 1 aliphatic rings. The van der Waals surface area contributed by atoms with Gasteiger partial charge < -0.3 is 0 Å². The van der Waals surface area contributed by atoms with Crippen LogP contribution in [0.15, 0.2) is 71.6 Å². The first-order chi connectivity index (χ1) is 9.90. The molecule has 1 heterocycles. The average Bonchev–Trinajstić information content (AvgIpc) is 2.93. The number of aldehydes is 1. The van der Waals surface area contributed by atoms with Crippen molar-refractivity contribution in [1.82, 2.24) is 0 Å². The van der Waals surface area contributed by atoms with E-state index in [4.69, 9.17) is 0 Å². The van der Waals surface area contributed by atoms with E-state index in [1.165, 1.54) is 10.5 Å². The number of hydrogen-bond acceptors (Lipinski definition) is 3. The molecule has 98 valence electrons. The summed E-state index contributed by atoms with van der Waals surface area (Å²) < 4.78 is 0. The van der Waals surface area contributed by atoms with Gasteiger partial charge in [-0.1, -0.05) is 82.3 Å². The fourth-order valence-corrected chi connectivity index (χ4v) is 4.79. The van der Waals surface area contributed by atoms with E-state index >= 15 is 0 Å². The maximum absolute atomic E-state index is 10.9. The molecule has 3 heteroatoms. The van der Waals surface area contributed by atoms with Crippen molar-refractivity contribution in [3.05, 3.63) is 82.8 Å². The lowest BCUT2D eigenvalue weighted by atomic mass is 10.0. The maximum Gasteiger partial charge on any atom is 0.144 e. The van der Waals surface area contributed by atoms with E-state index in [1.54, 1.807) is 27.7 Å². The summed E-state index contributed by atoms with van der Waals surface area (Å²) in [6.45, 7) is 0. The minimum atomic E-state index is 0.861. The van der Waals surface area contributed by atoms with Gasteiger partial charge in [-0.15, -0.1) is 0 Å². The second-order valence-electron chi connectivity index (χ2n) is 4.27. The fraction of sp³-hybridized carbons (Fsp3) is 0. The van der Waals surface area contributed by atoms with Crippen molar-refractivity contribution in [2.75, 3.05) is 0 Å². The summed E-state index contributed by atoms with van der Waals surface area (Å²) in [6.07, 6.45) is 2.51. The zero-order chi connectivity index (χ0) is 13.8. The second-order valence-corrected chi connectivity index (χ2v) is 6.45. The predicted molar refractivity (Wildman–Crippen MR) is 89.0 cm³/mol. The van der Waals surface area contributed by atoms with E-state index in [9.17, 15) is 4.79 Å². The molecule has 0 atom stereocenters. The van der Waals surface area contributed by atoms with Gasteiger partial charge in [0.2, 0.25) is 0 Å². The molecule has 0 fully saturated rings. The third-order valence-corrected chi connectivity index (χ3v) is 5.50. The van der Waals surface area contributed by atoms with Crippen LogP contribution in [0, 0.1) is 0 Å². The van der Waals surface area contributed by atoms with E-state index in [-0.39, 0.29) is 0 Å². The molecular formula is C17H12OS2. The van der Waals surface area contributed by atoms with Crippen molar-refractivity contribution in [2.45, 2.75) is 0 Å². The molecule has 1 nitrogen and oxygen atoms in total. The number of allylic oxidation sites excluding steroid dienone is 2. The summed E-state index contributed by atoms with van der Waals surface area (Å²) >= 11 is 0. The minimum Gasteiger partial charge on any atom is -0.299 e. The van der Waals surface area contributed by atoms with E-state index in [1.807, 2.05) is 36.4 Å². The molecule has 0 bridgehead atoms. The van der Waals surface area contributed by atoms with Gasteiger partial charge in [-0.05, 0) is 17.2 Å². The second kappa shape index (κ2) is 6.16. The molecule has 0 aliphatic carbocycles. The zero-order valence-electron chi connectivity index (χ0n) is 10.7. The van der Waals surface area contributed by atoms with Gasteiger partial charge in [0.15, 0.2) is 0 Å². The van der Waals surface area contributed by atoms with Gasteiger partial charge in [0.05, 0.1) is 0 Å². The third kappa shape index (κ3) is 2.60. The van der Waals surface area contributed by atoms with Crippen LogP contribution in [0.5, 0.6) is 0 Å². The van der Waals surface area contributed by atoms with E-state index in [0.29, 0.717) is 0 Å². The smallest absolute Gasteiger partial charge is 0.144 e. The summed E-state index contributed by atoms with van der Waals surface area (Å²) in [5, 5.41) is 0. The Labute approximate surface area is 126 Å². The highest BCUT2D eigenvalue weighted by molar-refractivity contribution is 8.82. The summed E-state index contributed by atoms with van der Waals surface area (Å²) in [5.41, 5.74) is 3.49. The van der Waals surface area contributed by atoms with Crippen molar-refractivity contribution >= 4 is 38.4 Å². The summed E-state index contributed by atoms with van der Waals surface area (Å²) in [5.74, 6) is 0. The van der Waals surface area contributed by atoms with Crippen LogP contribution in [0.2, 0.25) is 0 Å². The Hall–Kier alpha value is -1.71. The van der Waals surface area contributed by atoms with Gasteiger partial charge in [-0.2, -0.15) is 0 Å². The van der Waals surface area contributed by atoms with Gasteiger partial charge in [0, 0.05) is 15.4 Å². The minimum absolute atomic E-state index is 0.861. The average molecular weight is 296 g/mol. The fourth-order valence-electron chi connectivity index (χ4n) is 2.11. The number of carbonyl (C=O) groups excluding carboxylic acids is 1. The van der Waals surface area contributed by atoms with E-state index < -0.39 is 0 Å². The molecule has 2 aromatic carbocycles. The van der Waals surface area contributed by atoms with Crippen LogP contribution < -0.4 is 0 Å². The molecule has 0 saturated heterocycles. The molecular weight excluding hydrogens is 284 g/mol. The van der Waals surface area contributed by atoms with Crippen LogP contribution in [0.4, 0.5) is 0 Å². The highest BCUT2D eigenvalue weighted by Gasteiger charge is 2.23. The van der Waals surface area contributed by atoms with Gasteiger partial charge in [0.25, 0.3) is 0 Å². The summed E-state index contributed by atoms with van der Waals surface area (Å²) in [4.78, 5) is 13.1. The lowest BCUT2D eigenvalue weighted by Crippen LogP contribution is -1.87. The monoisotopic (exact) mass is 296 g/mol. The molecule has 0 radical (unpaired) electrons. The first-order valence-electron chi connectivity index (χ1n) is 6.25. The Bertz CT molecular complexity index is 673. The molecule has 0 amide bonds. The van der Waals surface area contributed by atoms with Crippen LogP contribution in [0.3, 0.4) is 0 Å². The number of carbonyl (C=O) groups is 1. The first kappa shape index (κ1) is 13.3. The number of rotatable bonds is 3. The highest BCUT2D eigenvalue weighted by Crippen LogP contribution is 2.57. The maximum atomic E-state index is 10.9. The Morgan fingerprint density at radius 2 is 1.35 bits per heavy atom. The molecule has 2 aromatic rings. The van der Waals surface area contributed by atoms with Crippen LogP contribution in [0.25, 0.3) is 10.5 Å². The lowest BCUT2D eigenvalue weighted by Gasteiger charge is -2.07. The van der Waals surface area contributed by atoms with Crippen molar-refractivity contribution < 1.29 is 4.79 Å². The Kier molecular flexibility index (Phi) is 4.09. The molecule has 1 aliphatic heterocycles. The Balaban J connectivity index is 2.19. The third-order valence-electron chi connectivity index (χ3n) is 3.01. The lowest BCUT2D eigenvalue weighted by molar-refractivity contribution is -0.104. The first-order valence-corrected chi connectivity index (χ1v) is 8.40. The molecule has 0 N–H and O–H groups in total. The molecule has 0 saturated carbocycles. The Morgan fingerprint density at radius 1 is 0.750 bits per heavy atom. The number of benzene rings is 2. The zero-order valence-corrected chi connectivity index (χ0v) is 12.3. The number of hydrogen-bond donors (Lipinski definition) is 0. The molecule has 0 unspecified atom stereocenters. The topological polar surface area (TPSA) is 17.1 Å². The predicted octanol–water partition coefficient (Wildman–Crippen LogP) is 5.03. The summed E-state index contributed by atoms with van der Waals surface area (Å²) in [7, 11) is 3.36. The molecule has 3 rings (SSSR count). The normalized spacial score (nSPS) is 16.7. The molecule has 0 spiro atoms.